The van der Waals surface area contributed by atoms with Gasteiger partial charge in [-0.1, -0.05) is 0 Å². The third-order valence-corrected chi connectivity index (χ3v) is 4.78. The molecule has 6 heteroatoms. The van der Waals surface area contributed by atoms with Crippen molar-refractivity contribution in [2.24, 2.45) is 0 Å². The van der Waals surface area contributed by atoms with Crippen LogP contribution in [0.1, 0.15) is 29.2 Å². The van der Waals surface area contributed by atoms with Gasteiger partial charge in [0.15, 0.2) is 0 Å². The number of nitrogens with zero attached hydrogens (tertiary/aromatic N) is 1. The predicted molar refractivity (Wildman–Crippen MR) is 102 cm³/mol. The van der Waals surface area contributed by atoms with Gasteiger partial charge in [0.25, 0.3) is 5.91 Å². The van der Waals surface area contributed by atoms with E-state index in [0.717, 1.165) is 11.3 Å². The molecule has 2 aromatic carbocycles. The number of hydrogen-bond acceptors (Lipinski definition) is 4. The Balaban J connectivity index is 1.75. The summed E-state index contributed by atoms with van der Waals surface area (Å²) in [6.45, 7) is 5.71. The first-order valence-corrected chi connectivity index (χ1v) is 9.05. The van der Waals surface area contributed by atoms with Crippen molar-refractivity contribution in [1.82, 2.24) is 4.98 Å². The van der Waals surface area contributed by atoms with Crippen LogP contribution < -0.4 is 10.1 Å². The number of aryl methyl sites for hydroxylation is 1. The van der Waals surface area contributed by atoms with E-state index in [9.17, 15) is 9.18 Å². The van der Waals surface area contributed by atoms with Crippen molar-refractivity contribution in [3.05, 3.63) is 64.9 Å². The molecule has 26 heavy (non-hydrogen) atoms. The van der Waals surface area contributed by atoms with E-state index in [2.05, 4.69) is 10.3 Å². The minimum atomic E-state index is -0.301. The van der Waals surface area contributed by atoms with Crippen molar-refractivity contribution in [3.8, 4) is 16.3 Å². The molecule has 3 aromatic rings. The van der Waals surface area contributed by atoms with Crippen LogP contribution in [-0.4, -0.2) is 17.0 Å². The number of carbonyl (C=O) groups excluding carboxylic acids is 1. The van der Waals surface area contributed by atoms with Gasteiger partial charge in [-0.15, -0.1) is 11.3 Å². The Labute approximate surface area is 155 Å². The van der Waals surface area contributed by atoms with Gasteiger partial charge in [-0.2, -0.15) is 0 Å². The van der Waals surface area contributed by atoms with E-state index in [1.807, 2.05) is 26.0 Å². The van der Waals surface area contributed by atoms with Crippen molar-refractivity contribution in [1.29, 1.82) is 0 Å². The lowest BCUT2D eigenvalue weighted by Crippen LogP contribution is -2.11. The number of anilines is 1. The van der Waals surface area contributed by atoms with E-state index < -0.39 is 0 Å². The Kier molecular flexibility index (Phi) is 5.32. The van der Waals surface area contributed by atoms with Gasteiger partial charge in [0.2, 0.25) is 0 Å². The van der Waals surface area contributed by atoms with Crippen LogP contribution in [0.5, 0.6) is 5.75 Å². The van der Waals surface area contributed by atoms with Gasteiger partial charge in [-0.05, 0) is 69.3 Å². The lowest BCUT2D eigenvalue weighted by atomic mass is 10.2. The minimum absolute atomic E-state index is 0.0974. The normalized spacial score (nSPS) is 10.8. The summed E-state index contributed by atoms with van der Waals surface area (Å²) in [5.74, 6) is 0.237. The average molecular weight is 370 g/mol. The summed E-state index contributed by atoms with van der Waals surface area (Å²) in [6.07, 6.45) is 0.0974. The molecule has 0 aliphatic carbocycles. The topological polar surface area (TPSA) is 51.2 Å². The van der Waals surface area contributed by atoms with Gasteiger partial charge in [0.1, 0.15) is 21.5 Å². The van der Waals surface area contributed by atoms with Crippen molar-refractivity contribution in [2.45, 2.75) is 26.9 Å². The van der Waals surface area contributed by atoms with E-state index in [1.165, 1.54) is 23.5 Å². The number of ether oxygens (including phenoxy) is 1. The molecule has 1 amide bonds. The van der Waals surface area contributed by atoms with Crippen molar-refractivity contribution >= 4 is 22.9 Å². The summed E-state index contributed by atoms with van der Waals surface area (Å²) >= 11 is 1.29. The minimum Gasteiger partial charge on any atom is -0.491 e. The summed E-state index contributed by atoms with van der Waals surface area (Å²) in [6, 6.07) is 13.3. The van der Waals surface area contributed by atoms with Crippen LogP contribution in [0.4, 0.5) is 10.1 Å². The number of thiazole rings is 1. The van der Waals surface area contributed by atoms with Crippen LogP contribution in [0.3, 0.4) is 0 Å². The van der Waals surface area contributed by atoms with Crippen LogP contribution >= 0.6 is 11.3 Å². The van der Waals surface area contributed by atoms with E-state index in [0.29, 0.717) is 21.3 Å². The molecule has 0 unspecified atom stereocenters. The highest BCUT2D eigenvalue weighted by atomic mass is 32.1. The van der Waals surface area contributed by atoms with E-state index in [-0.39, 0.29) is 17.8 Å². The molecule has 1 aromatic heterocycles. The van der Waals surface area contributed by atoms with Gasteiger partial charge in [-0.25, -0.2) is 9.37 Å². The monoisotopic (exact) mass is 370 g/mol. The average Bonchev–Trinajstić information content (AvgIpc) is 2.99. The second-order valence-electron chi connectivity index (χ2n) is 6.09. The SMILES string of the molecule is Cc1nc(-c2ccc(F)cc2)sc1C(=O)Nc1ccc(OC(C)C)cc1. The number of nitrogens with one attached hydrogen (secondary N) is 1. The first-order valence-electron chi connectivity index (χ1n) is 8.24. The molecule has 1 heterocycles. The third kappa shape index (κ3) is 4.26. The second kappa shape index (κ2) is 7.66. The van der Waals surface area contributed by atoms with Crippen LogP contribution in [0.2, 0.25) is 0 Å². The van der Waals surface area contributed by atoms with Crippen LogP contribution in [0.25, 0.3) is 10.6 Å². The third-order valence-electron chi connectivity index (χ3n) is 3.58. The quantitative estimate of drug-likeness (QED) is 0.663. The number of carbonyl (C=O) groups is 1. The Morgan fingerprint density at radius 1 is 1.12 bits per heavy atom. The molecule has 0 bridgehead atoms. The van der Waals surface area contributed by atoms with Gasteiger partial charge < -0.3 is 10.1 Å². The van der Waals surface area contributed by atoms with Gasteiger partial charge >= 0.3 is 0 Å². The predicted octanol–water partition coefficient (Wildman–Crippen LogP) is 5.30. The molecule has 0 fully saturated rings. The fourth-order valence-corrected chi connectivity index (χ4v) is 3.37. The summed E-state index contributed by atoms with van der Waals surface area (Å²) in [7, 11) is 0. The van der Waals surface area contributed by atoms with Crippen molar-refractivity contribution in [3.63, 3.8) is 0 Å². The Morgan fingerprint density at radius 3 is 2.38 bits per heavy atom. The summed E-state index contributed by atoms with van der Waals surface area (Å²) in [5.41, 5.74) is 2.11. The molecular weight excluding hydrogens is 351 g/mol. The Morgan fingerprint density at radius 2 is 1.77 bits per heavy atom. The smallest absolute Gasteiger partial charge is 0.267 e. The first-order chi connectivity index (χ1) is 12.4. The number of rotatable bonds is 5. The number of benzene rings is 2. The van der Waals surface area contributed by atoms with Gasteiger partial charge in [0.05, 0.1) is 11.8 Å². The zero-order chi connectivity index (χ0) is 18.7. The number of halogens is 1. The van der Waals surface area contributed by atoms with Crippen molar-refractivity contribution < 1.29 is 13.9 Å². The molecule has 0 atom stereocenters. The largest absolute Gasteiger partial charge is 0.491 e. The van der Waals surface area contributed by atoms with Crippen LogP contribution in [0, 0.1) is 12.7 Å². The molecule has 3 rings (SSSR count). The summed E-state index contributed by atoms with van der Waals surface area (Å²) in [4.78, 5) is 17.5. The van der Waals surface area contributed by atoms with Crippen LogP contribution in [-0.2, 0) is 0 Å². The standard InChI is InChI=1S/C20H19FN2O2S/c1-12(2)25-17-10-8-16(9-11-17)23-19(24)18-13(3)22-20(26-18)14-4-6-15(21)7-5-14/h4-12H,1-3H3,(H,23,24). The number of aromatic nitrogens is 1. The molecule has 0 radical (unpaired) electrons. The first kappa shape index (κ1) is 18.1. The molecular formula is C20H19FN2O2S. The fraction of sp³-hybridized carbons (Fsp3) is 0.200. The highest BCUT2D eigenvalue weighted by Crippen LogP contribution is 2.29. The zero-order valence-electron chi connectivity index (χ0n) is 14.7. The molecule has 0 saturated carbocycles. The maximum Gasteiger partial charge on any atom is 0.267 e. The maximum absolute atomic E-state index is 13.1. The summed E-state index contributed by atoms with van der Waals surface area (Å²) in [5, 5.41) is 3.56. The zero-order valence-corrected chi connectivity index (χ0v) is 15.6. The van der Waals surface area contributed by atoms with Gasteiger partial charge in [-0.3, -0.25) is 4.79 Å². The van der Waals surface area contributed by atoms with E-state index in [1.54, 1.807) is 31.2 Å². The Bertz CT molecular complexity index is 903. The number of amides is 1. The van der Waals surface area contributed by atoms with Crippen LogP contribution in [0.15, 0.2) is 48.5 Å². The molecule has 4 nitrogen and oxygen atoms in total. The molecule has 0 aliphatic rings. The van der Waals surface area contributed by atoms with E-state index in [4.69, 9.17) is 4.74 Å². The molecule has 0 saturated heterocycles. The van der Waals surface area contributed by atoms with Gasteiger partial charge in [0, 0.05) is 11.3 Å². The Hall–Kier alpha value is -2.73. The lowest BCUT2D eigenvalue weighted by Gasteiger charge is -2.10. The number of hydrogen-bond donors (Lipinski definition) is 1. The lowest BCUT2D eigenvalue weighted by molar-refractivity contribution is 0.102. The maximum atomic E-state index is 13.1. The van der Waals surface area contributed by atoms with Crippen molar-refractivity contribution in [2.75, 3.05) is 5.32 Å². The van der Waals surface area contributed by atoms with E-state index >= 15 is 0 Å². The molecule has 1 N–H and O–H groups in total. The molecule has 134 valence electrons. The highest BCUT2D eigenvalue weighted by molar-refractivity contribution is 7.17. The molecule has 0 aliphatic heterocycles. The fourth-order valence-electron chi connectivity index (χ4n) is 2.40. The molecule has 0 spiro atoms. The second-order valence-corrected chi connectivity index (χ2v) is 7.08. The highest BCUT2D eigenvalue weighted by Gasteiger charge is 2.16. The summed E-state index contributed by atoms with van der Waals surface area (Å²) < 4.78 is 18.7.